The first-order valence-corrected chi connectivity index (χ1v) is 9.08. The zero-order chi connectivity index (χ0) is 17.6. The molecule has 1 rings (SSSR count). The van der Waals surface area contributed by atoms with Crippen LogP contribution in [-0.4, -0.2) is 64.0 Å². The quantitative estimate of drug-likeness (QED) is 0.295. The Balaban J connectivity index is 2.11. The minimum atomic E-state index is 0.0534. The van der Waals surface area contributed by atoms with Crippen molar-refractivity contribution in [1.29, 1.82) is 0 Å². The Morgan fingerprint density at radius 1 is 1.38 bits per heavy atom. The summed E-state index contributed by atoms with van der Waals surface area (Å²) in [5.41, 5.74) is 0. The van der Waals surface area contributed by atoms with Crippen molar-refractivity contribution in [2.24, 2.45) is 10.9 Å². The number of rotatable bonds is 11. The van der Waals surface area contributed by atoms with Crippen LogP contribution in [-0.2, 0) is 14.3 Å². The van der Waals surface area contributed by atoms with E-state index in [4.69, 9.17) is 9.47 Å². The van der Waals surface area contributed by atoms with E-state index in [1.165, 1.54) is 0 Å². The molecule has 0 radical (unpaired) electrons. The van der Waals surface area contributed by atoms with Gasteiger partial charge in [-0.05, 0) is 33.6 Å². The number of carbonyl (C=O) groups excluding carboxylic acids is 1. The van der Waals surface area contributed by atoms with Gasteiger partial charge in [-0.3, -0.25) is 9.79 Å². The molecular weight excluding hydrogens is 308 g/mol. The van der Waals surface area contributed by atoms with Crippen molar-refractivity contribution in [2.75, 3.05) is 46.1 Å². The first-order valence-electron chi connectivity index (χ1n) is 9.08. The number of ether oxygens (including phenoxy) is 2. The SMILES string of the molecule is CCNC(=NCCCOCC1CCOC1)NCCC(=O)NC(C)C. The van der Waals surface area contributed by atoms with E-state index in [1.807, 2.05) is 20.8 Å². The molecule has 3 N–H and O–H groups in total. The van der Waals surface area contributed by atoms with Gasteiger partial charge in [0.15, 0.2) is 5.96 Å². The van der Waals surface area contributed by atoms with Crippen LogP contribution in [0.1, 0.15) is 40.0 Å². The lowest BCUT2D eigenvalue weighted by Crippen LogP contribution is -2.40. The van der Waals surface area contributed by atoms with Gasteiger partial charge in [0, 0.05) is 51.2 Å². The topological polar surface area (TPSA) is 84.0 Å². The Kier molecular flexibility index (Phi) is 11.2. The maximum absolute atomic E-state index is 11.6. The van der Waals surface area contributed by atoms with Gasteiger partial charge >= 0.3 is 0 Å². The van der Waals surface area contributed by atoms with Crippen LogP contribution >= 0.6 is 0 Å². The lowest BCUT2D eigenvalue weighted by molar-refractivity contribution is -0.121. The fourth-order valence-corrected chi connectivity index (χ4v) is 2.35. The predicted octanol–water partition coefficient (Wildman–Crippen LogP) is 0.899. The average Bonchev–Trinajstić information content (AvgIpc) is 3.03. The lowest BCUT2D eigenvalue weighted by atomic mass is 10.1. The van der Waals surface area contributed by atoms with Gasteiger partial charge < -0.3 is 25.4 Å². The molecule has 0 bridgehead atoms. The van der Waals surface area contributed by atoms with Crippen LogP contribution in [0.2, 0.25) is 0 Å². The Morgan fingerprint density at radius 2 is 2.21 bits per heavy atom. The van der Waals surface area contributed by atoms with Crippen molar-refractivity contribution in [3.05, 3.63) is 0 Å². The van der Waals surface area contributed by atoms with Gasteiger partial charge in [-0.1, -0.05) is 0 Å². The van der Waals surface area contributed by atoms with Crippen LogP contribution in [0, 0.1) is 5.92 Å². The first kappa shape index (κ1) is 20.7. The number of carbonyl (C=O) groups is 1. The second-order valence-electron chi connectivity index (χ2n) is 6.32. The number of amides is 1. The molecule has 0 aromatic heterocycles. The molecule has 1 fully saturated rings. The molecule has 1 atom stereocenters. The molecule has 1 saturated heterocycles. The van der Waals surface area contributed by atoms with Gasteiger partial charge in [0.1, 0.15) is 0 Å². The highest BCUT2D eigenvalue weighted by molar-refractivity contribution is 5.81. The van der Waals surface area contributed by atoms with E-state index in [1.54, 1.807) is 0 Å². The summed E-state index contributed by atoms with van der Waals surface area (Å²) in [5.74, 6) is 1.36. The molecule has 1 unspecified atom stereocenters. The highest BCUT2D eigenvalue weighted by Crippen LogP contribution is 2.12. The number of aliphatic imine (C=N–C) groups is 1. The summed E-state index contributed by atoms with van der Waals surface area (Å²) in [7, 11) is 0. The van der Waals surface area contributed by atoms with E-state index in [0.29, 0.717) is 25.4 Å². The second kappa shape index (κ2) is 13.0. The standard InChI is InChI=1S/C17H34N4O3/c1-4-18-17(20-9-6-16(22)21-14(2)3)19-8-5-10-23-12-15-7-11-24-13-15/h14-15H,4-13H2,1-3H3,(H,21,22)(H2,18,19,20). The predicted molar refractivity (Wildman–Crippen MR) is 96.2 cm³/mol. The van der Waals surface area contributed by atoms with Gasteiger partial charge in [-0.2, -0.15) is 0 Å². The number of guanidine groups is 1. The Bertz CT molecular complexity index is 369. The monoisotopic (exact) mass is 342 g/mol. The van der Waals surface area contributed by atoms with Crippen LogP contribution in [0.5, 0.6) is 0 Å². The first-order chi connectivity index (χ1) is 11.6. The zero-order valence-electron chi connectivity index (χ0n) is 15.4. The maximum atomic E-state index is 11.6. The Labute approximate surface area is 146 Å². The molecule has 0 aromatic carbocycles. The molecule has 24 heavy (non-hydrogen) atoms. The fourth-order valence-electron chi connectivity index (χ4n) is 2.35. The molecule has 1 heterocycles. The number of nitrogens with one attached hydrogen (secondary N) is 3. The van der Waals surface area contributed by atoms with Crippen molar-refractivity contribution in [1.82, 2.24) is 16.0 Å². The van der Waals surface area contributed by atoms with Crippen LogP contribution < -0.4 is 16.0 Å². The van der Waals surface area contributed by atoms with Gasteiger partial charge in [-0.25, -0.2) is 0 Å². The van der Waals surface area contributed by atoms with Crippen LogP contribution in [0.25, 0.3) is 0 Å². The summed E-state index contributed by atoms with van der Waals surface area (Å²) in [6, 6.07) is 0.176. The van der Waals surface area contributed by atoms with Gasteiger partial charge in [-0.15, -0.1) is 0 Å². The summed E-state index contributed by atoms with van der Waals surface area (Å²) < 4.78 is 11.0. The molecule has 1 amide bonds. The molecule has 0 aromatic rings. The normalized spacial score (nSPS) is 18.0. The zero-order valence-corrected chi connectivity index (χ0v) is 15.4. The van der Waals surface area contributed by atoms with Crippen molar-refractivity contribution in [3.8, 4) is 0 Å². The summed E-state index contributed by atoms with van der Waals surface area (Å²) in [6.45, 7) is 11.2. The second-order valence-corrected chi connectivity index (χ2v) is 6.32. The van der Waals surface area contributed by atoms with E-state index in [0.717, 1.165) is 51.8 Å². The van der Waals surface area contributed by atoms with Crippen LogP contribution in [0.15, 0.2) is 4.99 Å². The summed E-state index contributed by atoms with van der Waals surface area (Å²) in [6.07, 6.45) is 2.43. The molecule has 140 valence electrons. The molecule has 7 heteroatoms. The maximum Gasteiger partial charge on any atom is 0.221 e. The number of hydrogen-bond donors (Lipinski definition) is 3. The third-order valence-electron chi connectivity index (χ3n) is 3.53. The van der Waals surface area contributed by atoms with Crippen molar-refractivity contribution in [3.63, 3.8) is 0 Å². The molecule has 0 aliphatic carbocycles. The van der Waals surface area contributed by atoms with Crippen LogP contribution in [0.4, 0.5) is 0 Å². The Hall–Kier alpha value is -1.34. The Morgan fingerprint density at radius 3 is 2.88 bits per heavy atom. The van der Waals surface area contributed by atoms with Crippen molar-refractivity contribution < 1.29 is 14.3 Å². The molecule has 7 nitrogen and oxygen atoms in total. The van der Waals surface area contributed by atoms with E-state index in [9.17, 15) is 4.79 Å². The highest BCUT2D eigenvalue weighted by atomic mass is 16.5. The number of nitrogens with zero attached hydrogens (tertiary/aromatic N) is 1. The lowest BCUT2D eigenvalue weighted by Gasteiger charge is -2.12. The average molecular weight is 342 g/mol. The molecule has 0 saturated carbocycles. The summed E-state index contributed by atoms with van der Waals surface area (Å²) in [5, 5.41) is 9.24. The largest absolute Gasteiger partial charge is 0.381 e. The van der Waals surface area contributed by atoms with E-state index in [2.05, 4.69) is 20.9 Å². The summed E-state index contributed by atoms with van der Waals surface area (Å²) >= 11 is 0. The minimum Gasteiger partial charge on any atom is -0.381 e. The van der Waals surface area contributed by atoms with Gasteiger partial charge in [0.25, 0.3) is 0 Å². The van der Waals surface area contributed by atoms with Crippen molar-refractivity contribution in [2.45, 2.75) is 46.1 Å². The number of hydrogen-bond acceptors (Lipinski definition) is 4. The third-order valence-corrected chi connectivity index (χ3v) is 3.53. The van der Waals surface area contributed by atoms with Gasteiger partial charge in [0.2, 0.25) is 5.91 Å². The molecule has 0 spiro atoms. The molecule has 1 aliphatic heterocycles. The molecular formula is C17H34N4O3. The highest BCUT2D eigenvalue weighted by Gasteiger charge is 2.15. The van der Waals surface area contributed by atoms with E-state index in [-0.39, 0.29) is 11.9 Å². The molecule has 1 aliphatic rings. The van der Waals surface area contributed by atoms with Crippen molar-refractivity contribution >= 4 is 11.9 Å². The van der Waals surface area contributed by atoms with Crippen LogP contribution in [0.3, 0.4) is 0 Å². The van der Waals surface area contributed by atoms with Gasteiger partial charge in [0.05, 0.1) is 13.2 Å². The third kappa shape index (κ3) is 10.4. The fraction of sp³-hybridized carbons (Fsp3) is 0.882. The summed E-state index contributed by atoms with van der Waals surface area (Å²) in [4.78, 5) is 16.1. The smallest absolute Gasteiger partial charge is 0.221 e. The minimum absolute atomic E-state index is 0.0534. The van der Waals surface area contributed by atoms with E-state index < -0.39 is 0 Å². The van der Waals surface area contributed by atoms with E-state index >= 15 is 0 Å².